The highest BCUT2D eigenvalue weighted by molar-refractivity contribution is 6.33. The normalized spacial score (nSPS) is 19.0. The summed E-state index contributed by atoms with van der Waals surface area (Å²) in [5, 5.41) is 19.1. The number of allylic oxidation sites excluding steroid dienone is 2. The highest BCUT2D eigenvalue weighted by Gasteiger charge is 2.53. The number of hydrogen-bond acceptors (Lipinski definition) is 7. The molecule has 0 saturated heterocycles. The van der Waals surface area contributed by atoms with Crippen LogP contribution >= 0.6 is 11.6 Å². The van der Waals surface area contributed by atoms with Crippen molar-refractivity contribution in [3.63, 3.8) is 0 Å². The predicted octanol–water partition coefficient (Wildman–Crippen LogP) is 5.62. The number of nitrogens with two attached hydrogens (primary N) is 1. The Hall–Kier alpha value is -4.42. The van der Waals surface area contributed by atoms with E-state index in [1.54, 1.807) is 47.1 Å². The van der Waals surface area contributed by atoms with Gasteiger partial charge in [0.25, 0.3) is 5.91 Å². The molecule has 44 heavy (non-hydrogen) atoms. The number of carbonyl (C=O) groups excluding carboxylic acids is 1. The largest absolute Gasteiger partial charge is 0.394 e. The first-order chi connectivity index (χ1) is 20.9. The molecule has 6 rings (SSSR count). The Morgan fingerprint density at radius 2 is 1.84 bits per heavy atom. The van der Waals surface area contributed by atoms with E-state index in [2.05, 4.69) is 15.2 Å². The molecule has 2 aromatic carbocycles. The molecule has 1 aliphatic heterocycles. The first kappa shape index (κ1) is 29.6. The van der Waals surface area contributed by atoms with Crippen LogP contribution in [-0.2, 0) is 10.3 Å². The number of aliphatic imine (C=N–C) groups is 1. The standard InChI is InChI=1S/C31H31ClF2N8O2/c1-30(2,3)16-31(21-7-4-18(5-8-21)20-13-37-40(14-20)28(33)34)27(44)41(29(35)39-31)25(15-43)19-6-11-24(32)23(12-19)26-36-17-38-42(26)22-9-10-22/h4-9,11-14,17,25,28,43H,10,15-16H2,1-3H3,(H2,35,39)/t25?,31-/m1/s1. The Morgan fingerprint density at radius 1 is 1.11 bits per heavy atom. The zero-order valence-electron chi connectivity index (χ0n) is 24.3. The molecular formula is C31H31ClF2N8O2. The number of alkyl halides is 2. The van der Waals surface area contributed by atoms with Crippen LogP contribution < -0.4 is 5.73 Å². The van der Waals surface area contributed by atoms with Gasteiger partial charge >= 0.3 is 6.55 Å². The van der Waals surface area contributed by atoms with Crippen molar-refractivity contribution in [3.8, 4) is 22.5 Å². The number of halogens is 3. The summed E-state index contributed by atoms with van der Waals surface area (Å²) in [4.78, 5) is 25.0. The van der Waals surface area contributed by atoms with Gasteiger partial charge in [0.05, 0.1) is 23.9 Å². The number of carbonyl (C=O) groups is 1. The van der Waals surface area contributed by atoms with Crippen LogP contribution in [0.25, 0.3) is 28.2 Å². The number of rotatable bonds is 9. The summed E-state index contributed by atoms with van der Waals surface area (Å²) in [5.41, 5.74) is 8.73. The predicted molar refractivity (Wildman–Crippen MR) is 162 cm³/mol. The quantitative estimate of drug-likeness (QED) is 0.250. The van der Waals surface area contributed by atoms with Gasteiger partial charge in [0.2, 0.25) is 0 Å². The fourth-order valence-electron chi connectivity index (χ4n) is 5.72. The van der Waals surface area contributed by atoms with Gasteiger partial charge in [0.15, 0.2) is 17.3 Å². The van der Waals surface area contributed by atoms with Crippen LogP contribution in [0.3, 0.4) is 0 Å². The van der Waals surface area contributed by atoms with E-state index in [0.717, 1.165) is 12.1 Å². The molecule has 2 aliphatic rings. The maximum Gasteiger partial charge on any atom is 0.333 e. The molecule has 0 bridgehead atoms. The number of aliphatic hydroxyl groups is 1. The van der Waals surface area contributed by atoms with Gasteiger partial charge in [-0.1, -0.05) is 68.8 Å². The van der Waals surface area contributed by atoms with Gasteiger partial charge in [-0.25, -0.2) is 19.3 Å². The lowest BCUT2D eigenvalue weighted by Gasteiger charge is -2.34. The van der Waals surface area contributed by atoms with Crippen molar-refractivity contribution in [2.75, 3.05) is 6.61 Å². The van der Waals surface area contributed by atoms with E-state index in [1.807, 2.05) is 26.8 Å². The third kappa shape index (κ3) is 5.28. The third-order valence-electron chi connectivity index (χ3n) is 7.72. The Morgan fingerprint density at radius 3 is 2.45 bits per heavy atom. The average Bonchev–Trinajstić information content (AvgIpc) is 3.39. The minimum atomic E-state index is -2.75. The molecule has 3 N–H and O–H groups in total. The van der Waals surface area contributed by atoms with Gasteiger partial charge in [-0.3, -0.25) is 9.69 Å². The summed E-state index contributed by atoms with van der Waals surface area (Å²) in [5.74, 6) is 0.140. The van der Waals surface area contributed by atoms with Crippen molar-refractivity contribution < 1.29 is 18.7 Å². The van der Waals surface area contributed by atoms with Crippen LogP contribution in [0.1, 0.15) is 57.3 Å². The van der Waals surface area contributed by atoms with Crippen LogP contribution in [-0.4, -0.2) is 53.0 Å². The average molecular weight is 621 g/mol. The SMILES string of the molecule is CC(C)(C)C[C@]1(c2ccc(-c3cnn(C(F)F)c3)cc2)N=C(N)N(C(CO)c2ccc(Cl)c(-c3ncnn3C3=CC3)c2)C1=O. The molecule has 2 aromatic heterocycles. The molecule has 228 valence electrons. The maximum absolute atomic E-state index is 14.5. The van der Waals surface area contributed by atoms with Crippen molar-refractivity contribution in [1.29, 1.82) is 0 Å². The zero-order chi connectivity index (χ0) is 31.4. The van der Waals surface area contributed by atoms with E-state index in [-0.39, 0.29) is 17.3 Å². The van der Waals surface area contributed by atoms with Crippen molar-refractivity contribution in [2.45, 2.75) is 51.7 Å². The number of hydrogen-bond donors (Lipinski definition) is 2. The summed E-state index contributed by atoms with van der Waals surface area (Å²) in [6.07, 6.45) is 7.22. The van der Waals surface area contributed by atoms with Gasteiger partial charge < -0.3 is 10.8 Å². The molecule has 1 aliphatic carbocycles. The molecular weight excluding hydrogens is 590 g/mol. The van der Waals surface area contributed by atoms with Crippen LogP contribution in [0.4, 0.5) is 8.78 Å². The number of aliphatic hydroxyl groups excluding tert-OH is 1. The molecule has 0 radical (unpaired) electrons. The van der Waals surface area contributed by atoms with Crippen molar-refractivity contribution in [1.82, 2.24) is 29.4 Å². The second-order valence-corrected chi connectivity index (χ2v) is 12.5. The van der Waals surface area contributed by atoms with E-state index in [0.29, 0.717) is 49.8 Å². The topological polar surface area (TPSA) is 127 Å². The van der Waals surface area contributed by atoms with E-state index in [4.69, 9.17) is 22.3 Å². The number of aromatic nitrogens is 5. The highest BCUT2D eigenvalue weighted by Crippen LogP contribution is 2.45. The lowest BCUT2D eigenvalue weighted by atomic mass is 9.75. The molecule has 0 fully saturated rings. The second-order valence-electron chi connectivity index (χ2n) is 12.1. The fraction of sp³-hybridized carbons (Fsp3) is 0.323. The van der Waals surface area contributed by atoms with Crippen LogP contribution in [0, 0.1) is 5.41 Å². The van der Waals surface area contributed by atoms with Crippen molar-refractivity contribution in [3.05, 3.63) is 83.4 Å². The summed E-state index contributed by atoms with van der Waals surface area (Å²) < 4.78 is 28.4. The van der Waals surface area contributed by atoms with Crippen molar-refractivity contribution in [2.24, 2.45) is 16.1 Å². The van der Waals surface area contributed by atoms with Gasteiger partial charge in [-0.05, 0) is 40.7 Å². The summed E-state index contributed by atoms with van der Waals surface area (Å²) >= 11 is 6.59. The van der Waals surface area contributed by atoms with E-state index in [9.17, 15) is 18.7 Å². The highest BCUT2D eigenvalue weighted by atomic mass is 35.5. The smallest absolute Gasteiger partial charge is 0.333 e. The first-order valence-corrected chi connectivity index (χ1v) is 14.4. The molecule has 13 heteroatoms. The maximum atomic E-state index is 14.5. The Bertz CT molecular complexity index is 1790. The molecule has 1 amide bonds. The Labute approximate surface area is 257 Å². The Balaban J connectivity index is 1.37. The summed E-state index contributed by atoms with van der Waals surface area (Å²) in [6.45, 7) is 2.83. The second kappa shape index (κ2) is 10.9. The van der Waals surface area contributed by atoms with E-state index in [1.165, 1.54) is 23.6 Å². The lowest BCUT2D eigenvalue weighted by molar-refractivity contribution is -0.135. The summed E-state index contributed by atoms with van der Waals surface area (Å²) in [7, 11) is 0. The Kier molecular flexibility index (Phi) is 7.37. The minimum absolute atomic E-state index is 0.0246. The van der Waals surface area contributed by atoms with Crippen LogP contribution in [0.5, 0.6) is 0 Å². The van der Waals surface area contributed by atoms with Crippen LogP contribution in [0.15, 0.2) is 72.3 Å². The van der Waals surface area contributed by atoms with Gasteiger partial charge in [0, 0.05) is 29.4 Å². The van der Waals surface area contributed by atoms with E-state index < -0.39 is 24.7 Å². The minimum Gasteiger partial charge on any atom is -0.394 e. The van der Waals surface area contributed by atoms with Gasteiger partial charge in [0.1, 0.15) is 6.33 Å². The van der Waals surface area contributed by atoms with Crippen LogP contribution in [0.2, 0.25) is 5.02 Å². The number of benzene rings is 2. The lowest BCUT2D eigenvalue weighted by Crippen LogP contribution is -2.47. The molecule has 0 spiro atoms. The number of guanidine groups is 1. The fourth-order valence-corrected chi connectivity index (χ4v) is 5.92. The number of amides is 1. The zero-order valence-corrected chi connectivity index (χ0v) is 25.1. The molecule has 2 atom stereocenters. The van der Waals surface area contributed by atoms with E-state index >= 15 is 0 Å². The third-order valence-corrected chi connectivity index (χ3v) is 8.05. The molecule has 3 heterocycles. The first-order valence-electron chi connectivity index (χ1n) is 14.0. The monoisotopic (exact) mass is 620 g/mol. The molecule has 0 saturated carbocycles. The van der Waals surface area contributed by atoms with Gasteiger partial charge in [-0.15, -0.1) is 0 Å². The summed E-state index contributed by atoms with van der Waals surface area (Å²) in [6, 6.07) is 11.4. The van der Waals surface area contributed by atoms with Gasteiger partial charge in [-0.2, -0.15) is 19.0 Å². The molecule has 1 unspecified atom stereocenters. The number of nitrogens with zero attached hydrogens (tertiary/aromatic N) is 7. The van der Waals surface area contributed by atoms with Crippen molar-refractivity contribution >= 4 is 29.2 Å². The molecule has 4 aromatic rings. The molecule has 10 nitrogen and oxygen atoms in total.